The summed E-state index contributed by atoms with van der Waals surface area (Å²) in [4.78, 5) is 28.2. The summed E-state index contributed by atoms with van der Waals surface area (Å²) in [6.45, 7) is 1.71. The Morgan fingerprint density at radius 2 is 1.42 bits per heavy atom. The van der Waals surface area contributed by atoms with Gasteiger partial charge in [0.05, 0.1) is 31.9 Å². The van der Waals surface area contributed by atoms with Gasteiger partial charge >= 0.3 is 6.09 Å². The lowest BCUT2D eigenvalue weighted by Crippen LogP contribution is -2.60. The van der Waals surface area contributed by atoms with Crippen LogP contribution in [0, 0.1) is 5.92 Å². The van der Waals surface area contributed by atoms with E-state index < -0.39 is 0 Å². The summed E-state index contributed by atoms with van der Waals surface area (Å²) in [7, 11) is 0. The third kappa shape index (κ3) is 4.93. The van der Waals surface area contributed by atoms with Crippen LogP contribution in [0.25, 0.3) is 11.1 Å². The number of ether oxygens (including phenoxy) is 3. The number of benzene rings is 3. The van der Waals surface area contributed by atoms with Crippen LogP contribution < -0.4 is 4.74 Å². The van der Waals surface area contributed by atoms with Crippen LogP contribution >= 0.6 is 0 Å². The number of para-hydroxylation sites is 1. The van der Waals surface area contributed by atoms with E-state index in [1.165, 1.54) is 22.3 Å². The fourth-order valence-corrected chi connectivity index (χ4v) is 6.30. The number of piperidine rings is 1. The molecule has 2 fully saturated rings. The summed E-state index contributed by atoms with van der Waals surface area (Å²) in [5.74, 6) is 1.05. The first-order valence-corrected chi connectivity index (χ1v) is 13.6. The fraction of sp³-hybridized carbons (Fsp3) is 0.375. The molecule has 6 rings (SSSR count). The van der Waals surface area contributed by atoms with Gasteiger partial charge in [0.1, 0.15) is 18.1 Å². The average molecular weight is 512 g/mol. The van der Waals surface area contributed by atoms with Gasteiger partial charge in [-0.05, 0) is 53.6 Å². The number of fused-ring (bicyclic) bond motifs is 5. The molecule has 6 heteroatoms. The van der Waals surface area contributed by atoms with Gasteiger partial charge in [0.25, 0.3) is 0 Å². The summed E-state index contributed by atoms with van der Waals surface area (Å²) < 4.78 is 17.5. The molecule has 2 unspecified atom stereocenters. The molecule has 3 aromatic rings. The highest BCUT2D eigenvalue weighted by Gasteiger charge is 2.44. The van der Waals surface area contributed by atoms with Crippen molar-refractivity contribution in [1.29, 1.82) is 0 Å². The highest BCUT2D eigenvalue weighted by molar-refractivity contribution is 5.82. The lowest BCUT2D eigenvalue weighted by molar-refractivity contribution is -0.131. The largest absolute Gasteiger partial charge is 0.494 e. The van der Waals surface area contributed by atoms with Gasteiger partial charge in [0.15, 0.2) is 0 Å². The van der Waals surface area contributed by atoms with Crippen LogP contribution in [0.5, 0.6) is 5.75 Å². The molecular weight excluding hydrogens is 478 g/mol. The SMILES string of the molecule is O=C(CCCOc1ccccc1)C1CC2COCC(C1)N2C(=O)OCC1c2ccccc2-c2ccccc21. The van der Waals surface area contributed by atoms with Gasteiger partial charge in [-0.15, -0.1) is 0 Å². The molecule has 2 heterocycles. The Kier molecular flexibility index (Phi) is 7.14. The standard InChI is InChI=1S/C32H33NO5/c34-31(15-8-16-37-25-9-2-1-3-10-25)22-17-23-19-36-20-24(18-22)33(23)32(35)38-21-30-28-13-6-4-11-26(28)27-12-5-7-14-29(27)30/h1-7,9-14,22-24,30H,8,15-21H2. The van der Waals surface area contributed by atoms with Crippen molar-refractivity contribution in [2.24, 2.45) is 5.92 Å². The highest BCUT2D eigenvalue weighted by Crippen LogP contribution is 2.44. The Balaban J connectivity index is 1.04. The lowest BCUT2D eigenvalue weighted by Gasteiger charge is -2.47. The van der Waals surface area contributed by atoms with E-state index in [0.717, 1.165) is 5.75 Å². The molecule has 3 aromatic carbocycles. The summed E-state index contributed by atoms with van der Waals surface area (Å²) in [6.07, 6.45) is 2.12. The second kappa shape index (κ2) is 11.0. The van der Waals surface area contributed by atoms with Gasteiger partial charge in [-0.25, -0.2) is 4.79 Å². The van der Waals surface area contributed by atoms with Crippen molar-refractivity contribution in [3.05, 3.63) is 90.0 Å². The number of carbonyl (C=O) groups is 2. The number of carbonyl (C=O) groups excluding carboxylic acids is 2. The first kappa shape index (κ1) is 24.7. The third-order valence-corrected chi connectivity index (χ3v) is 8.10. The summed E-state index contributed by atoms with van der Waals surface area (Å²) >= 11 is 0. The highest BCUT2D eigenvalue weighted by atomic mass is 16.6. The maximum atomic E-state index is 13.4. The molecule has 1 aliphatic carbocycles. The third-order valence-electron chi connectivity index (χ3n) is 8.10. The summed E-state index contributed by atoms with van der Waals surface area (Å²) in [5.41, 5.74) is 4.82. The van der Waals surface area contributed by atoms with Crippen molar-refractivity contribution >= 4 is 11.9 Å². The van der Waals surface area contributed by atoms with Crippen molar-refractivity contribution in [2.75, 3.05) is 26.4 Å². The van der Waals surface area contributed by atoms with Crippen LogP contribution in [0.3, 0.4) is 0 Å². The Bertz CT molecular complexity index is 1230. The molecule has 0 N–H and O–H groups in total. The molecule has 2 bridgehead atoms. The van der Waals surface area contributed by atoms with E-state index in [9.17, 15) is 9.59 Å². The van der Waals surface area contributed by atoms with Crippen molar-refractivity contribution in [3.63, 3.8) is 0 Å². The predicted octanol–water partition coefficient (Wildman–Crippen LogP) is 5.84. The molecule has 3 aliphatic rings. The summed E-state index contributed by atoms with van der Waals surface area (Å²) in [6, 6.07) is 26.1. The lowest BCUT2D eigenvalue weighted by atomic mass is 9.81. The van der Waals surface area contributed by atoms with Gasteiger partial charge in [0, 0.05) is 18.3 Å². The van der Waals surface area contributed by atoms with Crippen LogP contribution in [0.4, 0.5) is 4.79 Å². The van der Waals surface area contributed by atoms with Crippen LogP contribution in [-0.4, -0.2) is 55.3 Å². The van der Waals surface area contributed by atoms with Gasteiger partial charge in [-0.3, -0.25) is 9.69 Å². The number of hydrogen-bond acceptors (Lipinski definition) is 5. The zero-order valence-corrected chi connectivity index (χ0v) is 21.5. The van der Waals surface area contributed by atoms with Crippen molar-refractivity contribution < 1.29 is 23.8 Å². The van der Waals surface area contributed by atoms with Gasteiger partial charge in [-0.1, -0.05) is 66.7 Å². The van der Waals surface area contributed by atoms with Gasteiger partial charge < -0.3 is 14.2 Å². The number of rotatable bonds is 8. The van der Waals surface area contributed by atoms with E-state index in [2.05, 4.69) is 24.3 Å². The fourth-order valence-electron chi connectivity index (χ4n) is 6.30. The number of hydrogen-bond donors (Lipinski definition) is 0. The van der Waals surface area contributed by atoms with Crippen LogP contribution in [0.2, 0.25) is 0 Å². The zero-order valence-electron chi connectivity index (χ0n) is 21.5. The normalized spacial score (nSPS) is 21.9. The first-order chi connectivity index (χ1) is 18.7. The molecule has 0 aromatic heterocycles. The molecule has 2 saturated heterocycles. The number of ketones is 1. The second-order valence-electron chi connectivity index (χ2n) is 10.5. The van der Waals surface area contributed by atoms with E-state index in [1.807, 2.05) is 59.5 Å². The topological polar surface area (TPSA) is 65.1 Å². The van der Waals surface area contributed by atoms with Crippen LogP contribution in [0.1, 0.15) is 42.7 Å². The van der Waals surface area contributed by atoms with Gasteiger partial charge in [0.2, 0.25) is 0 Å². The molecule has 0 spiro atoms. The number of morpholine rings is 1. The minimum Gasteiger partial charge on any atom is -0.494 e. The molecular formula is C32H33NO5. The van der Waals surface area contributed by atoms with E-state index in [4.69, 9.17) is 14.2 Å². The maximum Gasteiger partial charge on any atom is 0.410 e. The maximum absolute atomic E-state index is 13.4. The molecule has 196 valence electrons. The smallest absolute Gasteiger partial charge is 0.410 e. The van der Waals surface area contributed by atoms with Crippen LogP contribution in [-0.2, 0) is 14.3 Å². The monoisotopic (exact) mass is 511 g/mol. The molecule has 1 amide bonds. The predicted molar refractivity (Wildman–Crippen MR) is 144 cm³/mol. The quantitative estimate of drug-likeness (QED) is 0.356. The molecule has 2 aliphatic heterocycles. The van der Waals surface area contributed by atoms with Crippen molar-refractivity contribution in [3.8, 4) is 16.9 Å². The Morgan fingerprint density at radius 1 is 0.816 bits per heavy atom. The van der Waals surface area contributed by atoms with Crippen molar-refractivity contribution in [1.82, 2.24) is 4.90 Å². The molecule has 2 atom stereocenters. The Labute approximate surface area is 223 Å². The average Bonchev–Trinajstić information content (AvgIpc) is 3.27. The number of Topliss-reactive ketones (excluding diaryl/α,β-unsaturated/α-hetero) is 1. The molecule has 0 radical (unpaired) electrons. The zero-order chi connectivity index (χ0) is 25.9. The van der Waals surface area contributed by atoms with E-state index in [0.29, 0.717) is 52.1 Å². The Morgan fingerprint density at radius 3 is 2.08 bits per heavy atom. The first-order valence-electron chi connectivity index (χ1n) is 13.6. The minimum atomic E-state index is -0.299. The minimum absolute atomic E-state index is 0.0275. The van der Waals surface area contributed by atoms with Crippen molar-refractivity contribution in [2.45, 2.75) is 43.7 Å². The number of amides is 1. The number of nitrogens with zero attached hydrogens (tertiary/aromatic N) is 1. The van der Waals surface area contributed by atoms with Crippen LogP contribution in [0.15, 0.2) is 78.9 Å². The molecule has 38 heavy (non-hydrogen) atoms. The van der Waals surface area contributed by atoms with E-state index in [-0.39, 0.29) is 35.8 Å². The van der Waals surface area contributed by atoms with E-state index >= 15 is 0 Å². The van der Waals surface area contributed by atoms with E-state index in [1.54, 1.807) is 0 Å². The Hall–Kier alpha value is -3.64. The van der Waals surface area contributed by atoms with Gasteiger partial charge in [-0.2, -0.15) is 0 Å². The summed E-state index contributed by atoms with van der Waals surface area (Å²) in [5, 5.41) is 0. The molecule has 6 nitrogen and oxygen atoms in total. The molecule has 0 saturated carbocycles. The second-order valence-corrected chi connectivity index (χ2v) is 10.5.